The molecule has 0 unspecified atom stereocenters. The summed E-state index contributed by atoms with van der Waals surface area (Å²) in [6.45, 7) is 0. The third kappa shape index (κ3) is 1.02. The Labute approximate surface area is 72.6 Å². The second-order valence-corrected chi connectivity index (χ2v) is 3.15. The molecule has 0 bridgehead atoms. The first-order valence-electron chi connectivity index (χ1n) is 3.42. The Kier molecular flexibility index (Phi) is 1.65. The Balaban J connectivity index is 2.83. The molecule has 12 heavy (non-hydrogen) atoms. The first-order chi connectivity index (χ1) is 5.81. The molecule has 2 aromatic rings. The summed E-state index contributed by atoms with van der Waals surface area (Å²) in [4.78, 5) is 15.2. The molecule has 0 aliphatic heterocycles. The van der Waals surface area contributed by atoms with Crippen LogP contribution in [0.1, 0.15) is 0 Å². The average molecular weight is 181 g/mol. The Hall–Kier alpha value is -1.23. The highest BCUT2D eigenvalue weighted by Gasteiger charge is 1.99. The highest BCUT2D eigenvalue weighted by molar-refractivity contribution is 7.98. The molecule has 0 fully saturated rings. The van der Waals surface area contributed by atoms with Gasteiger partial charge in [-0.25, -0.2) is 9.50 Å². The van der Waals surface area contributed by atoms with Gasteiger partial charge in [0.25, 0.3) is 5.56 Å². The molecule has 2 rings (SSSR count). The van der Waals surface area contributed by atoms with Crippen LogP contribution >= 0.6 is 11.8 Å². The molecule has 5 heteroatoms. The summed E-state index contributed by atoms with van der Waals surface area (Å²) in [5.41, 5.74) is 0.576. The van der Waals surface area contributed by atoms with Crippen molar-refractivity contribution in [3.05, 3.63) is 28.7 Å². The van der Waals surface area contributed by atoms with E-state index in [1.165, 1.54) is 16.8 Å². The molecule has 0 saturated carbocycles. The fourth-order valence-electron chi connectivity index (χ4n) is 1.00. The average Bonchev–Trinajstić information content (AvgIpc) is 2.49. The number of aromatic amines is 1. The number of nitrogens with one attached hydrogen (secondary N) is 1. The van der Waals surface area contributed by atoms with Crippen LogP contribution in [0.5, 0.6) is 0 Å². The van der Waals surface area contributed by atoms with Gasteiger partial charge >= 0.3 is 0 Å². The summed E-state index contributed by atoms with van der Waals surface area (Å²) in [5.74, 6) is 0. The lowest BCUT2D eigenvalue weighted by Gasteiger charge is -1.88. The fraction of sp³-hybridized carbons (Fsp3) is 0.143. The summed E-state index contributed by atoms with van der Waals surface area (Å²) in [6, 6.07) is 3.26. The van der Waals surface area contributed by atoms with Crippen LogP contribution in [0, 0.1) is 0 Å². The van der Waals surface area contributed by atoms with Gasteiger partial charge in [0.1, 0.15) is 0 Å². The molecule has 0 atom stereocenters. The van der Waals surface area contributed by atoms with Crippen LogP contribution in [-0.2, 0) is 0 Å². The SMILES string of the molecule is CSc1cc2nccc(=O)n2[nH]1. The Morgan fingerprint density at radius 3 is 3.17 bits per heavy atom. The maximum atomic E-state index is 11.2. The molecule has 2 heterocycles. The predicted octanol–water partition coefficient (Wildman–Crippen LogP) is 0.744. The van der Waals surface area contributed by atoms with Gasteiger partial charge in [-0.05, 0) is 6.26 Å². The van der Waals surface area contributed by atoms with Gasteiger partial charge in [-0.3, -0.25) is 9.89 Å². The first kappa shape index (κ1) is 7.42. The summed E-state index contributed by atoms with van der Waals surface area (Å²) in [5, 5.41) is 3.85. The van der Waals surface area contributed by atoms with Gasteiger partial charge in [-0.15, -0.1) is 11.8 Å². The van der Waals surface area contributed by atoms with Crippen LogP contribution < -0.4 is 5.56 Å². The van der Waals surface area contributed by atoms with Crippen molar-refractivity contribution >= 4 is 17.4 Å². The van der Waals surface area contributed by atoms with E-state index >= 15 is 0 Å². The minimum Gasteiger partial charge on any atom is -0.283 e. The largest absolute Gasteiger partial charge is 0.283 e. The predicted molar refractivity (Wildman–Crippen MR) is 47.6 cm³/mol. The van der Waals surface area contributed by atoms with Crippen molar-refractivity contribution < 1.29 is 0 Å². The van der Waals surface area contributed by atoms with Crippen molar-refractivity contribution in [2.75, 3.05) is 6.26 Å². The molecule has 4 nitrogen and oxygen atoms in total. The van der Waals surface area contributed by atoms with Gasteiger partial charge < -0.3 is 0 Å². The number of nitrogens with zero attached hydrogens (tertiary/aromatic N) is 2. The summed E-state index contributed by atoms with van der Waals surface area (Å²) in [6.07, 6.45) is 3.45. The summed E-state index contributed by atoms with van der Waals surface area (Å²) < 4.78 is 1.42. The third-order valence-corrected chi connectivity index (χ3v) is 2.22. The van der Waals surface area contributed by atoms with Gasteiger partial charge in [-0.2, -0.15) is 0 Å². The van der Waals surface area contributed by atoms with Crippen molar-refractivity contribution in [2.45, 2.75) is 5.03 Å². The van der Waals surface area contributed by atoms with Crippen LogP contribution in [0.2, 0.25) is 0 Å². The van der Waals surface area contributed by atoms with E-state index in [-0.39, 0.29) is 5.56 Å². The van der Waals surface area contributed by atoms with E-state index in [0.29, 0.717) is 5.65 Å². The van der Waals surface area contributed by atoms with Crippen LogP contribution in [-0.4, -0.2) is 20.9 Å². The van der Waals surface area contributed by atoms with E-state index in [2.05, 4.69) is 10.1 Å². The van der Waals surface area contributed by atoms with Crippen LogP contribution in [0.3, 0.4) is 0 Å². The standard InChI is InChI=1S/C7H7N3OS/c1-12-6-4-5-8-3-2-7(11)10(5)9-6/h2-4,9H,1H3. The van der Waals surface area contributed by atoms with Gasteiger partial charge in [0, 0.05) is 18.3 Å². The number of fused-ring (bicyclic) bond motifs is 1. The van der Waals surface area contributed by atoms with Gasteiger partial charge in [-0.1, -0.05) is 0 Å². The lowest BCUT2D eigenvalue weighted by atomic mass is 10.6. The molecular formula is C7H7N3OS. The van der Waals surface area contributed by atoms with E-state index in [0.717, 1.165) is 5.03 Å². The van der Waals surface area contributed by atoms with Gasteiger partial charge in [0.05, 0.1) is 5.03 Å². The lowest BCUT2D eigenvalue weighted by Crippen LogP contribution is -2.12. The second-order valence-electron chi connectivity index (χ2n) is 2.30. The second kappa shape index (κ2) is 2.67. The van der Waals surface area contributed by atoms with Crippen molar-refractivity contribution in [3.63, 3.8) is 0 Å². The quantitative estimate of drug-likeness (QED) is 0.660. The molecular weight excluding hydrogens is 174 g/mol. The third-order valence-electron chi connectivity index (χ3n) is 1.58. The molecule has 0 spiro atoms. The zero-order chi connectivity index (χ0) is 8.55. The smallest absolute Gasteiger partial charge is 0.272 e. The van der Waals surface area contributed by atoms with E-state index in [1.54, 1.807) is 11.8 Å². The Morgan fingerprint density at radius 2 is 2.50 bits per heavy atom. The molecule has 0 radical (unpaired) electrons. The summed E-state index contributed by atoms with van der Waals surface area (Å²) in [7, 11) is 0. The molecule has 0 saturated heterocycles. The zero-order valence-electron chi connectivity index (χ0n) is 6.44. The van der Waals surface area contributed by atoms with Crippen molar-refractivity contribution in [1.82, 2.24) is 14.6 Å². The maximum absolute atomic E-state index is 11.2. The molecule has 0 aliphatic rings. The topological polar surface area (TPSA) is 50.2 Å². The zero-order valence-corrected chi connectivity index (χ0v) is 7.26. The van der Waals surface area contributed by atoms with Crippen LogP contribution in [0.25, 0.3) is 5.65 Å². The maximum Gasteiger partial charge on any atom is 0.272 e. The van der Waals surface area contributed by atoms with Gasteiger partial charge in [0.15, 0.2) is 5.65 Å². The fourth-order valence-corrected chi connectivity index (χ4v) is 1.41. The van der Waals surface area contributed by atoms with Gasteiger partial charge in [0.2, 0.25) is 0 Å². The van der Waals surface area contributed by atoms with E-state index in [9.17, 15) is 4.79 Å². The monoisotopic (exact) mass is 181 g/mol. The minimum absolute atomic E-state index is 0.0831. The van der Waals surface area contributed by atoms with Crippen LogP contribution in [0.15, 0.2) is 28.2 Å². The van der Waals surface area contributed by atoms with E-state index in [4.69, 9.17) is 0 Å². The highest BCUT2D eigenvalue weighted by atomic mass is 32.2. The number of thioether (sulfide) groups is 1. The number of hydrogen-bond acceptors (Lipinski definition) is 3. The molecule has 0 aliphatic carbocycles. The summed E-state index contributed by atoms with van der Waals surface area (Å²) >= 11 is 1.55. The van der Waals surface area contributed by atoms with Crippen molar-refractivity contribution in [1.29, 1.82) is 0 Å². The Morgan fingerprint density at radius 1 is 1.67 bits per heavy atom. The minimum atomic E-state index is -0.0831. The van der Waals surface area contributed by atoms with Crippen LogP contribution in [0.4, 0.5) is 0 Å². The van der Waals surface area contributed by atoms with E-state index in [1.807, 2.05) is 12.3 Å². The molecule has 2 aromatic heterocycles. The molecule has 0 aromatic carbocycles. The number of aromatic nitrogens is 3. The van der Waals surface area contributed by atoms with Crippen molar-refractivity contribution in [3.8, 4) is 0 Å². The van der Waals surface area contributed by atoms with E-state index < -0.39 is 0 Å². The van der Waals surface area contributed by atoms with Crippen molar-refractivity contribution in [2.24, 2.45) is 0 Å². The number of H-pyrrole nitrogens is 1. The molecule has 62 valence electrons. The highest BCUT2D eigenvalue weighted by Crippen LogP contribution is 2.11. The number of rotatable bonds is 1. The lowest BCUT2D eigenvalue weighted by molar-refractivity contribution is 0.856. The normalized spacial score (nSPS) is 10.8. The Bertz CT molecular complexity index is 459. The molecule has 1 N–H and O–H groups in total. The molecule has 0 amide bonds. The first-order valence-corrected chi connectivity index (χ1v) is 4.64. The number of hydrogen-bond donors (Lipinski definition) is 1.